The van der Waals surface area contributed by atoms with Gasteiger partial charge in [0, 0.05) is 36.3 Å². The van der Waals surface area contributed by atoms with E-state index >= 15 is 0 Å². The molecule has 1 aromatic carbocycles. The molecule has 1 aromatic rings. The van der Waals surface area contributed by atoms with Crippen molar-refractivity contribution in [1.82, 2.24) is 15.1 Å². The molecule has 2 heterocycles. The molecule has 2 aliphatic rings. The monoisotopic (exact) mass is 344 g/mol. The van der Waals surface area contributed by atoms with Crippen molar-refractivity contribution in [3.63, 3.8) is 0 Å². The average molecular weight is 344 g/mol. The summed E-state index contributed by atoms with van der Waals surface area (Å²) in [6.07, 6.45) is 3.44. The minimum absolute atomic E-state index is 0.0595. The zero-order chi connectivity index (χ0) is 17.9. The van der Waals surface area contributed by atoms with Crippen LogP contribution >= 0.6 is 0 Å². The molecule has 0 aliphatic carbocycles. The Kier molecular flexibility index (Phi) is 5.39. The lowest BCUT2D eigenvalue weighted by molar-refractivity contribution is -0.116. The Morgan fingerprint density at radius 2 is 2.00 bits per heavy atom. The van der Waals surface area contributed by atoms with Crippen LogP contribution in [0, 0.1) is 5.41 Å². The number of benzene rings is 1. The maximum Gasteiger partial charge on any atom is 0.253 e. The van der Waals surface area contributed by atoms with E-state index in [4.69, 9.17) is 0 Å². The largest absolute Gasteiger partial charge is 0.338 e. The van der Waals surface area contributed by atoms with E-state index in [2.05, 4.69) is 10.6 Å². The summed E-state index contributed by atoms with van der Waals surface area (Å²) in [7, 11) is 3.71. The van der Waals surface area contributed by atoms with Gasteiger partial charge in [-0.2, -0.15) is 0 Å². The number of rotatable bonds is 4. The predicted molar refractivity (Wildman–Crippen MR) is 98.7 cm³/mol. The molecule has 6 heteroatoms. The zero-order valence-corrected chi connectivity index (χ0v) is 15.2. The molecule has 1 spiro atoms. The number of amides is 2. The Morgan fingerprint density at radius 1 is 1.24 bits per heavy atom. The van der Waals surface area contributed by atoms with Gasteiger partial charge in [-0.15, -0.1) is 0 Å². The summed E-state index contributed by atoms with van der Waals surface area (Å²) >= 11 is 0. The van der Waals surface area contributed by atoms with E-state index in [1.54, 1.807) is 12.1 Å². The van der Waals surface area contributed by atoms with Gasteiger partial charge in [-0.05, 0) is 64.2 Å². The van der Waals surface area contributed by atoms with Crippen molar-refractivity contribution in [2.24, 2.45) is 5.41 Å². The number of carbonyl (C=O) groups excluding carboxylic acids is 2. The number of likely N-dealkylation sites (N-methyl/N-ethyl adjacent to an activating group) is 1. The Labute approximate surface area is 149 Å². The fourth-order valence-electron chi connectivity index (χ4n) is 3.89. The second kappa shape index (κ2) is 7.54. The Balaban J connectivity index is 1.61. The van der Waals surface area contributed by atoms with E-state index in [1.807, 2.05) is 36.0 Å². The molecule has 3 rings (SSSR count). The maximum atomic E-state index is 12.8. The summed E-state index contributed by atoms with van der Waals surface area (Å²) in [5, 5.41) is 6.28. The summed E-state index contributed by atoms with van der Waals surface area (Å²) in [6.45, 7) is 4.10. The molecule has 2 amide bonds. The highest BCUT2D eigenvalue weighted by Gasteiger charge is 2.39. The molecule has 2 saturated heterocycles. The van der Waals surface area contributed by atoms with Crippen LogP contribution in [0.1, 0.15) is 29.6 Å². The number of hydrogen-bond acceptors (Lipinski definition) is 4. The van der Waals surface area contributed by atoms with Crippen molar-refractivity contribution in [1.29, 1.82) is 0 Å². The molecule has 1 atom stereocenters. The van der Waals surface area contributed by atoms with E-state index < -0.39 is 0 Å². The Morgan fingerprint density at radius 3 is 2.64 bits per heavy atom. The lowest BCUT2D eigenvalue weighted by atomic mass is 9.79. The van der Waals surface area contributed by atoms with Crippen molar-refractivity contribution in [3.05, 3.63) is 29.8 Å². The molecule has 0 saturated carbocycles. The highest BCUT2D eigenvalue weighted by Crippen LogP contribution is 2.35. The van der Waals surface area contributed by atoms with Gasteiger partial charge in [0.15, 0.2) is 0 Å². The van der Waals surface area contributed by atoms with Gasteiger partial charge in [0.05, 0.1) is 6.54 Å². The number of likely N-dealkylation sites (tertiary alicyclic amines) is 1. The van der Waals surface area contributed by atoms with Gasteiger partial charge in [0.2, 0.25) is 5.91 Å². The topological polar surface area (TPSA) is 64.7 Å². The highest BCUT2D eigenvalue weighted by molar-refractivity contribution is 5.96. The van der Waals surface area contributed by atoms with Gasteiger partial charge in [0.25, 0.3) is 5.91 Å². The SMILES string of the molecule is CN(C)CC(=O)Nc1ccc(C(=O)N2CCCC3(CCNC3)C2)cc1. The van der Waals surface area contributed by atoms with Crippen LogP contribution in [0.15, 0.2) is 24.3 Å². The number of nitrogens with one attached hydrogen (secondary N) is 2. The molecule has 0 aromatic heterocycles. The van der Waals surface area contributed by atoms with Gasteiger partial charge in [0.1, 0.15) is 0 Å². The van der Waals surface area contributed by atoms with Crippen molar-refractivity contribution >= 4 is 17.5 Å². The summed E-state index contributed by atoms with van der Waals surface area (Å²) in [5.74, 6) is 0.0351. The van der Waals surface area contributed by atoms with Crippen LogP contribution in [0.2, 0.25) is 0 Å². The second-order valence-corrected chi connectivity index (χ2v) is 7.62. The first-order chi connectivity index (χ1) is 12.0. The van der Waals surface area contributed by atoms with Crippen LogP contribution in [0.4, 0.5) is 5.69 Å². The lowest BCUT2D eigenvalue weighted by Crippen LogP contribution is -2.47. The van der Waals surface area contributed by atoms with Crippen molar-refractivity contribution in [3.8, 4) is 0 Å². The van der Waals surface area contributed by atoms with Gasteiger partial charge in [-0.25, -0.2) is 0 Å². The van der Waals surface area contributed by atoms with E-state index in [0.29, 0.717) is 12.1 Å². The normalized spacial score (nSPS) is 23.2. The molecule has 25 heavy (non-hydrogen) atoms. The van der Waals surface area contributed by atoms with Crippen LogP contribution in [0.25, 0.3) is 0 Å². The van der Waals surface area contributed by atoms with Crippen molar-refractivity contribution in [2.45, 2.75) is 19.3 Å². The van der Waals surface area contributed by atoms with E-state index in [9.17, 15) is 9.59 Å². The molecule has 136 valence electrons. The van der Waals surface area contributed by atoms with Crippen LogP contribution in [-0.2, 0) is 4.79 Å². The van der Waals surface area contributed by atoms with Crippen molar-refractivity contribution in [2.75, 3.05) is 52.1 Å². The fraction of sp³-hybridized carbons (Fsp3) is 0.579. The first kappa shape index (κ1) is 17.9. The van der Waals surface area contributed by atoms with Crippen molar-refractivity contribution < 1.29 is 9.59 Å². The van der Waals surface area contributed by atoms with E-state index in [-0.39, 0.29) is 17.2 Å². The molecular weight excluding hydrogens is 316 g/mol. The summed E-state index contributed by atoms with van der Waals surface area (Å²) in [5.41, 5.74) is 1.68. The quantitative estimate of drug-likeness (QED) is 0.867. The third-order valence-electron chi connectivity index (χ3n) is 5.16. The van der Waals surface area contributed by atoms with Gasteiger partial charge < -0.3 is 20.4 Å². The van der Waals surface area contributed by atoms with Crippen LogP contribution in [0.5, 0.6) is 0 Å². The highest BCUT2D eigenvalue weighted by atomic mass is 16.2. The zero-order valence-electron chi connectivity index (χ0n) is 15.2. The lowest BCUT2D eigenvalue weighted by Gasteiger charge is -2.40. The number of anilines is 1. The molecular formula is C19H28N4O2. The minimum Gasteiger partial charge on any atom is -0.338 e. The summed E-state index contributed by atoms with van der Waals surface area (Å²) in [6, 6.07) is 7.22. The van der Waals surface area contributed by atoms with Crippen LogP contribution in [-0.4, -0.2) is 68.4 Å². The predicted octanol–water partition coefficient (Wildman–Crippen LogP) is 1.40. The first-order valence-corrected chi connectivity index (χ1v) is 9.02. The second-order valence-electron chi connectivity index (χ2n) is 7.62. The standard InChI is InChI=1S/C19H28N4O2/c1-22(2)12-17(24)21-16-6-4-15(5-7-16)18(25)23-11-3-8-19(14-23)9-10-20-13-19/h4-7,20H,3,8-14H2,1-2H3,(H,21,24). The van der Waals surface area contributed by atoms with E-state index in [1.165, 1.54) is 6.42 Å². The Bertz CT molecular complexity index is 621. The van der Waals surface area contributed by atoms with Gasteiger partial charge in [-0.3, -0.25) is 9.59 Å². The van der Waals surface area contributed by atoms with Crippen LogP contribution in [0.3, 0.4) is 0 Å². The molecule has 0 radical (unpaired) electrons. The number of piperidine rings is 1. The molecule has 6 nitrogen and oxygen atoms in total. The van der Waals surface area contributed by atoms with E-state index in [0.717, 1.165) is 44.7 Å². The molecule has 0 bridgehead atoms. The molecule has 2 fully saturated rings. The van der Waals surface area contributed by atoms with Crippen LogP contribution < -0.4 is 10.6 Å². The molecule has 2 N–H and O–H groups in total. The average Bonchev–Trinajstić information content (AvgIpc) is 3.02. The third-order valence-corrected chi connectivity index (χ3v) is 5.16. The fourth-order valence-corrected chi connectivity index (χ4v) is 3.89. The minimum atomic E-state index is -0.0595. The van der Waals surface area contributed by atoms with Gasteiger partial charge in [-0.1, -0.05) is 0 Å². The smallest absolute Gasteiger partial charge is 0.253 e. The maximum absolute atomic E-state index is 12.8. The number of carbonyl (C=O) groups is 2. The Hall–Kier alpha value is -1.92. The number of hydrogen-bond donors (Lipinski definition) is 2. The molecule has 1 unspecified atom stereocenters. The molecule has 2 aliphatic heterocycles. The summed E-state index contributed by atoms with van der Waals surface area (Å²) < 4.78 is 0. The number of nitrogens with zero attached hydrogens (tertiary/aromatic N) is 2. The summed E-state index contributed by atoms with van der Waals surface area (Å²) in [4.78, 5) is 28.4. The van der Waals surface area contributed by atoms with Gasteiger partial charge >= 0.3 is 0 Å². The first-order valence-electron chi connectivity index (χ1n) is 9.02. The third kappa shape index (κ3) is 4.38.